The first kappa shape index (κ1) is 22.8. The SMILES string of the molecule is CC(C)C[C@H](NC(=O)O[C@H]1C2CO[C@H]3OC1CC3C2)C(=O)N[C@H](C#N)C[C@@H]1CCNC1=O. The Bertz CT molecular complexity index is 775. The van der Waals surface area contributed by atoms with Crippen LogP contribution in [-0.4, -0.2) is 61.6 Å². The summed E-state index contributed by atoms with van der Waals surface area (Å²) in [5, 5.41) is 17.6. The minimum Gasteiger partial charge on any atom is -0.443 e. The van der Waals surface area contributed by atoms with Gasteiger partial charge in [-0.05, 0) is 38.0 Å². The third-order valence-corrected chi connectivity index (χ3v) is 6.85. The van der Waals surface area contributed by atoms with Crippen LogP contribution < -0.4 is 16.0 Å². The highest BCUT2D eigenvalue weighted by molar-refractivity contribution is 5.86. The zero-order chi connectivity index (χ0) is 22.8. The van der Waals surface area contributed by atoms with Crippen LogP contribution in [0.15, 0.2) is 0 Å². The molecule has 10 heteroatoms. The van der Waals surface area contributed by atoms with E-state index in [4.69, 9.17) is 14.2 Å². The molecule has 0 spiro atoms. The van der Waals surface area contributed by atoms with Crippen LogP contribution in [0.2, 0.25) is 0 Å². The van der Waals surface area contributed by atoms with Crippen molar-refractivity contribution in [1.29, 1.82) is 5.26 Å². The Morgan fingerprint density at radius 2 is 2.09 bits per heavy atom. The van der Waals surface area contributed by atoms with Crippen LogP contribution in [0.5, 0.6) is 0 Å². The molecule has 176 valence electrons. The summed E-state index contributed by atoms with van der Waals surface area (Å²) in [6.07, 6.45) is 1.58. The first-order valence-electron chi connectivity index (χ1n) is 11.6. The van der Waals surface area contributed by atoms with Crippen molar-refractivity contribution >= 4 is 17.9 Å². The van der Waals surface area contributed by atoms with E-state index in [2.05, 4.69) is 22.0 Å². The molecule has 3 amide bonds. The molecule has 0 radical (unpaired) electrons. The van der Waals surface area contributed by atoms with Gasteiger partial charge in [0, 0.05) is 24.3 Å². The number of nitriles is 1. The molecule has 0 aromatic carbocycles. The average Bonchev–Trinajstić information content (AvgIpc) is 3.28. The fourth-order valence-electron chi connectivity index (χ4n) is 5.30. The molecule has 3 bridgehead atoms. The van der Waals surface area contributed by atoms with Crippen molar-refractivity contribution < 1.29 is 28.6 Å². The van der Waals surface area contributed by atoms with Crippen LogP contribution >= 0.6 is 0 Å². The molecule has 3 aliphatic heterocycles. The van der Waals surface area contributed by atoms with Crippen LogP contribution in [-0.2, 0) is 23.8 Å². The maximum absolute atomic E-state index is 12.9. The van der Waals surface area contributed by atoms with E-state index in [1.807, 2.05) is 13.8 Å². The lowest BCUT2D eigenvalue weighted by Gasteiger charge is -2.36. The Balaban J connectivity index is 1.34. The minimum absolute atomic E-state index is 0.0954. The zero-order valence-electron chi connectivity index (χ0n) is 18.5. The molecule has 4 rings (SSSR count). The van der Waals surface area contributed by atoms with Crippen LogP contribution in [0, 0.1) is 35.0 Å². The number of carbonyl (C=O) groups excluding carboxylic acids is 3. The van der Waals surface area contributed by atoms with Gasteiger partial charge in [-0.15, -0.1) is 0 Å². The summed E-state index contributed by atoms with van der Waals surface area (Å²) in [5.74, 6) is -0.245. The number of nitrogens with one attached hydrogen (secondary N) is 3. The number of hydrogen-bond donors (Lipinski definition) is 3. The lowest BCUT2D eigenvalue weighted by Crippen LogP contribution is -2.52. The Hall–Kier alpha value is -2.38. The first-order valence-corrected chi connectivity index (χ1v) is 11.6. The van der Waals surface area contributed by atoms with Crippen molar-refractivity contribution in [2.45, 2.75) is 76.5 Å². The minimum atomic E-state index is -0.843. The molecule has 32 heavy (non-hydrogen) atoms. The van der Waals surface area contributed by atoms with E-state index in [-0.39, 0.29) is 42.5 Å². The molecule has 8 atom stereocenters. The van der Waals surface area contributed by atoms with Gasteiger partial charge in [-0.3, -0.25) is 9.59 Å². The standard InChI is InChI=1S/C22H32N4O6/c1-11(2)5-16(20(28)25-15(9-23)7-12-3-4-24-19(12)27)26-22(29)32-18-14-6-13-8-17(18)31-21(13)30-10-14/h11-18,21H,3-8,10H2,1-2H3,(H,24,27)(H,25,28)(H,26,29)/t12-,13?,14?,15-,16-,17?,18-,21-/m0/s1. The van der Waals surface area contributed by atoms with Gasteiger partial charge in [0.25, 0.3) is 0 Å². The quantitative estimate of drug-likeness (QED) is 0.499. The maximum atomic E-state index is 12.9. The Morgan fingerprint density at radius 1 is 1.28 bits per heavy atom. The number of fused-ring (bicyclic) bond motifs is 2. The second kappa shape index (κ2) is 9.63. The molecule has 10 nitrogen and oxygen atoms in total. The van der Waals surface area contributed by atoms with E-state index in [1.54, 1.807) is 0 Å². The van der Waals surface area contributed by atoms with Crippen LogP contribution in [0.3, 0.4) is 0 Å². The molecule has 3 saturated heterocycles. The zero-order valence-corrected chi connectivity index (χ0v) is 18.5. The molecule has 1 aliphatic carbocycles. The van der Waals surface area contributed by atoms with Crippen LogP contribution in [0.1, 0.15) is 46.0 Å². The predicted octanol–water partition coefficient (Wildman–Crippen LogP) is 0.812. The van der Waals surface area contributed by atoms with Crippen molar-refractivity contribution in [3.63, 3.8) is 0 Å². The van der Waals surface area contributed by atoms with Crippen LogP contribution in [0.4, 0.5) is 4.79 Å². The molecule has 0 aromatic rings. The molecular formula is C22H32N4O6. The molecule has 4 aliphatic rings. The van der Waals surface area contributed by atoms with Gasteiger partial charge in [0.2, 0.25) is 11.8 Å². The second-order valence-electron chi connectivity index (χ2n) is 9.77. The Morgan fingerprint density at radius 3 is 2.78 bits per heavy atom. The first-order chi connectivity index (χ1) is 15.3. The van der Waals surface area contributed by atoms with E-state index >= 15 is 0 Å². The second-order valence-corrected chi connectivity index (χ2v) is 9.77. The number of ether oxygens (including phenoxy) is 3. The number of alkyl carbamates (subject to hydrolysis) is 1. The Labute approximate surface area is 187 Å². The van der Waals surface area contributed by atoms with Crippen molar-refractivity contribution in [3.8, 4) is 6.07 Å². The third-order valence-electron chi connectivity index (χ3n) is 6.85. The number of nitrogens with zero attached hydrogens (tertiary/aromatic N) is 1. The van der Waals surface area contributed by atoms with Gasteiger partial charge in [0.05, 0.1) is 18.8 Å². The topological polar surface area (TPSA) is 139 Å². The van der Waals surface area contributed by atoms with Crippen molar-refractivity contribution in [1.82, 2.24) is 16.0 Å². The number of amides is 3. The normalized spacial score (nSPS) is 34.5. The highest BCUT2D eigenvalue weighted by atomic mass is 16.7. The Kier molecular flexibility index (Phi) is 6.86. The molecular weight excluding hydrogens is 416 g/mol. The van der Waals surface area contributed by atoms with Gasteiger partial charge < -0.3 is 30.2 Å². The number of carbonyl (C=O) groups is 3. The highest BCUT2D eigenvalue weighted by Gasteiger charge is 2.53. The predicted molar refractivity (Wildman–Crippen MR) is 111 cm³/mol. The van der Waals surface area contributed by atoms with Gasteiger partial charge >= 0.3 is 6.09 Å². The molecule has 3 N–H and O–H groups in total. The summed E-state index contributed by atoms with van der Waals surface area (Å²) in [6, 6.07) is 0.407. The molecule has 0 aromatic heterocycles. The van der Waals surface area contributed by atoms with Gasteiger partial charge in [-0.25, -0.2) is 4.79 Å². The summed E-state index contributed by atoms with van der Waals surface area (Å²) >= 11 is 0. The molecule has 3 unspecified atom stereocenters. The average molecular weight is 449 g/mol. The number of hydrogen-bond acceptors (Lipinski definition) is 7. The summed E-state index contributed by atoms with van der Waals surface area (Å²) in [5.41, 5.74) is 0. The van der Waals surface area contributed by atoms with Crippen LogP contribution in [0.25, 0.3) is 0 Å². The van der Waals surface area contributed by atoms with Crippen molar-refractivity contribution in [2.24, 2.45) is 23.7 Å². The molecule has 3 heterocycles. The summed E-state index contributed by atoms with van der Waals surface area (Å²) in [6.45, 7) is 4.98. The smallest absolute Gasteiger partial charge is 0.408 e. The maximum Gasteiger partial charge on any atom is 0.408 e. The van der Waals surface area contributed by atoms with Crippen molar-refractivity contribution in [3.05, 3.63) is 0 Å². The van der Waals surface area contributed by atoms with E-state index in [0.29, 0.717) is 31.9 Å². The fraction of sp³-hybridized carbons (Fsp3) is 0.818. The monoisotopic (exact) mass is 448 g/mol. The van der Waals surface area contributed by atoms with Gasteiger partial charge in [0.1, 0.15) is 18.2 Å². The lowest BCUT2D eigenvalue weighted by molar-refractivity contribution is -0.153. The lowest BCUT2D eigenvalue weighted by atomic mass is 9.78. The largest absolute Gasteiger partial charge is 0.443 e. The summed E-state index contributed by atoms with van der Waals surface area (Å²) < 4.78 is 17.3. The van der Waals surface area contributed by atoms with E-state index in [9.17, 15) is 19.6 Å². The van der Waals surface area contributed by atoms with Gasteiger partial charge in [0.15, 0.2) is 6.29 Å². The van der Waals surface area contributed by atoms with E-state index in [1.165, 1.54) is 0 Å². The summed E-state index contributed by atoms with van der Waals surface area (Å²) in [4.78, 5) is 37.4. The van der Waals surface area contributed by atoms with Gasteiger partial charge in [-0.2, -0.15) is 5.26 Å². The fourth-order valence-corrected chi connectivity index (χ4v) is 5.30. The third kappa shape index (κ3) is 4.99. The van der Waals surface area contributed by atoms with Gasteiger partial charge in [-0.1, -0.05) is 13.8 Å². The summed E-state index contributed by atoms with van der Waals surface area (Å²) in [7, 11) is 0. The molecule has 1 saturated carbocycles. The van der Waals surface area contributed by atoms with Crippen molar-refractivity contribution in [2.75, 3.05) is 13.2 Å². The molecule has 4 fully saturated rings. The van der Waals surface area contributed by atoms with E-state index < -0.39 is 30.2 Å². The van der Waals surface area contributed by atoms with E-state index in [0.717, 1.165) is 12.8 Å². The number of rotatable bonds is 8. The highest BCUT2D eigenvalue weighted by Crippen LogP contribution is 2.46.